The first-order chi connectivity index (χ1) is 5.29. The molecule has 2 heterocycles. The Kier molecular flexibility index (Phi) is 1.50. The predicted octanol–water partition coefficient (Wildman–Crippen LogP) is 1.43. The van der Waals surface area contributed by atoms with Gasteiger partial charge < -0.3 is 9.73 Å². The highest BCUT2D eigenvalue weighted by Crippen LogP contribution is 2.26. The van der Waals surface area contributed by atoms with Crippen LogP contribution in [0.25, 0.3) is 0 Å². The minimum Gasteiger partial charge on any atom is -0.469 e. The van der Waals surface area contributed by atoms with Crippen molar-refractivity contribution in [3.05, 3.63) is 24.2 Å². The SMILES string of the molecule is CC1(Cc2ccco2)CNC1. The second kappa shape index (κ2) is 2.38. The van der Waals surface area contributed by atoms with Crippen LogP contribution in [0, 0.1) is 5.41 Å². The molecule has 1 aromatic rings. The number of hydrogen-bond acceptors (Lipinski definition) is 2. The molecule has 0 aromatic carbocycles. The molecule has 1 N–H and O–H groups in total. The van der Waals surface area contributed by atoms with Crippen molar-refractivity contribution in [2.45, 2.75) is 13.3 Å². The van der Waals surface area contributed by atoms with Gasteiger partial charge in [-0.3, -0.25) is 0 Å². The minimum atomic E-state index is 0.442. The lowest BCUT2D eigenvalue weighted by Crippen LogP contribution is -2.52. The molecule has 0 aliphatic carbocycles. The van der Waals surface area contributed by atoms with Gasteiger partial charge in [0.05, 0.1) is 6.26 Å². The maximum atomic E-state index is 5.28. The molecule has 11 heavy (non-hydrogen) atoms. The molecule has 0 saturated carbocycles. The van der Waals surface area contributed by atoms with E-state index in [1.807, 2.05) is 12.1 Å². The summed E-state index contributed by atoms with van der Waals surface area (Å²) >= 11 is 0. The quantitative estimate of drug-likeness (QED) is 0.691. The van der Waals surface area contributed by atoms with Crippen LogP contribution in [0.1, 0.15) is 12.7 Å². The summed E-state index contributed by atoms with van der Waals surface area (Å²) in [5.74, 6) is 1.11. The van der Waals surface area contributed by atoms with E-state index in [9.17, 15) is 0 Å². The molecule has 0 bridgehead atoms. The van der Waals surface area contributed by atoms with Gasteiger partial charge >= 0.3 is 0 Å². The van der Waals surface area contributed by atoms with Crippen molar-refractivity contribution >= 4 is 0 Å². The number of rotatable bonds is 2. The highest BCUT2D eigenvalue weighted by atomic mass is 16.3. The van der Waals surface area contributed by atoms with E-state index in [2.05, 4.69) is 12.2 Å². The first kappa shape index (κ1) is 6.92. The third kappa shape index (κ3) is 1.31. The molecule has 0 spiro atoms. The summed E-state index contributed by atoms with van der Waals surface area (Å²) in [6.07, 6.45) is 2.80. The monoisotopic (exact) mass is 151 g/mol. The Balaban J connectivity index is 2.00. The Bertz CT molecular complexity index is 224. The van der Waals surface area contributed by atoms with Crippen LogP contribution in [0.2, 0.25) is 0 Å². The number of nitrogens with one attached hydrogen (secondary N) is 1. The fourth-order valence-corrected chi connectivity index (χ4v) is 1.51. The van der Waals surface area contributed by atoms with Crippen molar-refractivity contribution in [1.29, 1.82) is 0 Å². The molecule has 0 atom stereocenters. The van der Waals surface area contributed by atoms with Crippen molar-refractivity contribution in [3.63, 3.8) is 0 Å². The number of furan rings is 1. The Labute approximate surface area is 66.6 Å². The highest BCUT2D eigenvalue weighted by Gasteiger charge is 2.32. The van der Waals surface area contributed by atoms with Gasteiger partial charge in [-0.2, -0.15) is 0 Å². The van der Waals surface area contributed by atoms with E-state index in [0.29, 0.717) is 5.41 Å². The van der Waals surface area contributed by atoms with E-state index in [4.69, 9.17) is 4.42 Å². The van der Waals surface area contributed by atoms with Crippen LogP contribution in [0.15, 0.2) is 22.8 Å². The first-order valence-electron chi connectivity index (χ1n) is 4.02. The van der Waals surface area contributed by atoms with Crippen LogP contribution in [0.3, 0.4) is 0 Å². The normalized spacial score (nSPS) is 21.2. The van der Waals surface area contributed by atoms with Gasteiger partial charge in [0.1, 0.15) is 5.76 Å². The van der Waals surface area contributed by atoms with Gasteiger partial charge in [-0.1, -0.05) is 6.92 Å². The third-order valence-corrected chi connectivity index (χ3v) is 2.28. The molecule has 0 radical (unpaired) electrons. The summed E-state index contributed by atoms with van der Waals surface area (Å²) in [6, 6.07) is 3.99. The standard InChI is InChI=1S/C9H13NO/c1-9(6-10-7-9)5-8-3-2-4-11-8/h2-4,10H,5-7H2,1H3. The molecule has 2 nitrogen and oxygen atoms in total. The van der Waals surface area contributed by atoms with Gasteiger partial charge in [-0.25, -0.2) is 0 Å². The molecule has 1 aliphatic rings. The van der Waals surface area contributed by atoms with Gasteiger partial charge in [-0.05, 0) is 17.5 Å². The Hall–Kier alpha value is -0.760. The molecule has 1 aromatic heterocycles. The van der Waals surface area contributed by atoms with Crippen molar-refractivity contribution in [1.82, 2.24) is 5.32 Å². The average molecular weight is 151 g/mol. The molecule has 2 heteroatoms. The van der Waals surface area contributed by atoms with Crippen molar-refractivity contribution < 1.29 is 4.42 Å². The van der Waals surface area contributed by atoms with Crippen molar-refractivity contribution in [3.8, 4) is 0 Å². The molecule has 60 valence electrons. The van der Waals surface area contributed by atoms with E-state index in [1.54, 1.807) is 6.26 Å². The summed E-state index contributed by atoms with van der Waals surface area (Å²) < 4.78 is 5.28. The van der Waals surface area contributed by atoms with E-state index in [1.165, 1.54) is 0 Å². The topological polar surface area (TPSA) is 25.2 Å². The highest BCUT2D eigenvalue weighted by molar-refractivity contribution is 5.04. The van der Waals surface area contributed by atoms with E-state index >= 15 is 0 Å². The fourth-order valence-electron chi connectivity index (χ4n) is 1.51. The smallest absolute Gasteiger partial charge is 0.104 e. The second-order valence-electron chi connectivity index (χ2n) is 3.67. The van der Waals surface area contributed by atoms with Gasteiger partial charge in [0.2, 0.25) is 0 Å². The van der Waals surface area contributed by atoms with Crippen molar-refractivity contribution in [2.24, 2.45) is 5.41 Å². The molecule has 2 rings (SSSR count). The largest absolute Gasteiger partial charge is 0.469 e. The molecule has 1 aliphatic heterocycles. The summed E-state index contributed by atoms with van der Waals surface area (Å²) in [6.45, 7) is 4.52. The maximum Gasteiger partial charge on any atom is 0.104 e. The molecule has 1 fully saturated rings. The van der Waals surface area contributed by atoms with E-state index in [-0.39, 0.29) is 0 Å². The van der Waals surface area contributed by atoms with Gasteiger partial charge in [0.25, 0.3) is 0 Å². The van der Waals surface area contributed by atoms with Crippen LogP contribution < -0.4 is 5.32 Å². The van der Waals surface area contributed by atoms with E-state index < -0.39 is 0 Å². The zero-order chi connectivity index (χ0) is 7.73. The Morgan fingerprint density at radius 3 is 2.91 bits per heavy atom. The molecule has 0 unspecified atom stereocenters. The molecule has 0 amide bonds. The summed E-state index contributed by atoms with van der Waals surface area (Å²) in [5.41, 5.74) is 0.442. The predicted molar refractivity (Wildman–Crippen MR) is 43.4 cm³/mol. The second-order valence-corrected chi connectivity index (χ2v) is 3.67. The Morgan fingerprint density at radius 2 is 2.45 bits per heavy atom. The van der Waals surface area contributed by atoms with Crippen LogP contribution in [-0.2, 0) is 6.42 Å². The number of hydrogen-bond donors (Lipinski definition) is 1. The maximum absolute atomic E-state index is 5.28. The van der Waals surface area contributed by atoms with Gasteiger partial charge in [-0.15, -0.1) is 0 Å². The average Bonchev–Trinajstić information content (AvgIpc) is 2.36. The minimum absolute atomic E-state index is 0.442. The zero-order valence-corrected chi connectivity index (χ0v) is 6.76. The van der Waals surface area contributed by atoms with Gasteiger partial charge in [0, 0.05) is 19.5 Å². The lowest BCUT2D eigenvalue weighted by atomic mass is 9.80. The zero-order valence-electron chi connectivity index (χ0n) is 6.76. The lowest BCUT2D eigenvalue weighted by molar-refractivity contribution is 0.183. The molecular formula is C9H13NO. The molecular weight excluding hydrogens is 138 g/mol. The third-order valence-electron chi connectivity index (χ3n) is 2.28. The molecule has 1 saturated heterocycles. The summed E-state index contributed by atoms with van der Waals surface area (Å²) in [7, 11) is 0. The first-order valence-corrected chi connectivity index (χ1v) is 4.02. The van der Waals surface area contributed by atoms with Crippen LogP contribution in [0.4, 0.5) is 0 Å². The van der Waals surface area contributed by atoms with Crippen LogP contribution in [0.5, 0.6) is 0 Å². The van der Waals surface area contributed by atoms with E-state index in [0.717, 1.165) is 25.3 Å². The van der Waals surface area contributed by atoms with Crippen LogP contribution in [-0.4, -0.2) is 13.1 Å². The Morgan fingerprint density at radius 1 is 1.64 bits per heavy atom. The fraction of sp³-hybridized carbons (Fsp3) is 0.556. The summed E-state index contributed by atoms with van der Waals surface area (Å²) in [5, 5.41) is 3.27. The summed E-state index contributed by atoms with van der Waals surface area (Å²) in [4.78, 5) is 0. The van der Waals surface area contributed by atoms with Crippen LogP contribution >= 0.6 is 0 Å². The van der Waals surface area contributed by atoms with Crippen molar-refractivity contribution in [2.75, 3.05) is 13.1 Å². The lowest BCUT2D eigenvalue weighted by Gasteiger charge is -2.38. The van der Waals surface area contributed by atoms with Gasteiger partial charge in [0.15, 0.2) is 0 Å².